The van der Waals surface area contributed by atoms with Crippen molar-refractivity contribution in [2.45, 2.75) is 47.0 Å². The fourth-order valence-corrected chi connectivity index (χ4v) is 5.33. The van der Waals surface area contributed by atoms with Crippen molar-refractivity contribution in [3.05, 3.63) is 0 Å². The standard InChI is InChI=1S/C11H21I/c1-5-11(8-12)9(2)6-7-10(11,3)4/h9H,5-8H2,1-4H3. The normalized spacial score (nSPS) is 40.2. The van der Waals surface area contributed by atoms with Gasteiger partial charge < -0.3 is 0 Å². The molecule has 0 bridgehead atoms. The van der Waals surface area contributed by atoms with Gasteiger partial charge in [-0.15, -0.1) is 0 Å². The fraction of sp³-hybridized carbons (Fsp3) is 1.00. The van der Waals surface area contributed by atoms with E-state index in [1.54, 1.807) is 0 Å². The topological polar surface area (TPSA) is 0 Å². The molecule has 1 saturated carbocycles. The van der Waals surface area contributed by atoms with Crippen molar-refractivity contribution in [3.63, 3.8) is 0 Å². The quantitative estimate of drug-likeness (QED) is 0.523. The molecule has 2 unspecified atom stereocenters. The molecule has 0 heterocycles. The minimum Gasteiger partial charge on any atom is -0.0857 e. The zero-order chi connectivity index (χ0) is 9.41. The first-order valence-corrected chi connectivity index (χ1v) is 6.58. The van der Waals surface area contributed by atoms with Gasteiger partial charge in [-0.05, 0) is 36.0 Å². The van der Waals surface area contributed by atoms with Crippen LogP contribution in [0.3, 0.4) is 0 Å². The Labute approximate surface area is 90.6 Å². The third-order valence-corrected chi connectivity index (χ3v) is 5.72. The van der Waals surface area contributed by atoms with Crippen LogP contribution in [-0.2, 0) is 0 Å². The van der Waals surface area contributed by atoms with Gasteiger partial charge in [0.05, 0.1) is 0 Å². The predicted octanol–water partition coefficient (Wildman–Crippen LogP) is 4.27. The van der Waals surface area contributed by atoms with Crippen LogP contribution in [0.25, 0.3) is 0 Å². The van der Waals surface area contributed by atoms with E-state index in [0.717, 1.165) is 5.92 Å². The minimum atomic E-state index is 0.572. The number of alkyl halides is 1. The maximum absolute atomic E-state index is 2.58. The Morgan fingerprint density at radius 3 is 2.17 bits per heavy atom. The van der Waals surface area contributed by atoms with Crippen LogP contribution in [0.4, 0.5) is 0 Å². The van der Waals surface area contributed by atoms with Crippen molar-refractivity contribution in [2.75, 3.05) is 4.43 Å². The van der Waals surface area contributed by atoms with Gasteiger partial charge in [-0.25, -0.2) is 0 Å². The third-order valence-electron chi connectivity index (χ3n) is 4.36. The van der Waals surface area contributed by atoms with Gasteiger partial charge in [0, 0.05) is 4.43 Å². The molecule has 0 N–H and O–H groups in total. The second kappa shape index (κ2) is 3.47. The summed E-state index contributed by atoms with van der Waals surface area (Å²) in [7, 11) is 0. The summed E-state index contributed by atoms with van der Waals surface area (Å²) in [6, 6.07) is 0. The zero-order valence-corrected chi connectivity index (χ0v) is 10.9. The molecule has 1 aliphatic carbocycles. The molecule has 0 spiro atoms. The van der Waals surface area contributed by atoms with E-state index in [1.165, 1.54) is 23.7 Å². The average molecular weight is 280 g/mol. The lowest BCUT2D eigenvalue weighted by Crippen LogP contribution is -2.37. The molecule has 0 amide bonds. The summed E-state index contributed by atoms with van der Waals surface area (Å²) >= 11 is 2.58. The summed E-state index contributed by atoms with van der Waals surface area (Å²) in [4.78, 5) is 0. The highest BCUT2D eigenvalue weighted by Gasteiger charge is 2.50. The van der Waals surface area contributed by atoms with Gasteiger partial charge in [0.2, 0.25) is 0 Å². The van der Waals surface area contributed by atoms with Crippen LogP contribution in [-0.4, -0.2) is 4.43 Å². The first-order valence-electron chi connectivity index (χ1n) is 5.06. The number of halogens is 1. The van der Waals surface area contributed by atoms with Crippen LogP contribution in [0, 0.1) is 16.7 Å². The largest absolute Gasteiger partial charge is 0.0857 e. The van der Waals surface area contributed by atoms with E-state index in [9.17, 15) is 0 Å². The molecule has 0 aromatic rings. The fourth-order valence-electron chi connectivity index (χ4n) is 3.00. The van der Waals surface area contributed by atoms with Crippen LogP contribution in [0.1, 0.15) is 47.0 Å². The molecule has 12 heavy (non-hydrogen) atoms. The first-order chi connectivity index (χ1) is 5.50. The molecule has 2 atom stereocenters. The van der Waals surface area contributed by atoms with Crippen molar-refractivity contribution in [3.8, 4) is 0 Å². The minimum absolute atomic E-state index is 0.572. The van der Waals surface area contributed by atoms with Gasteiger partial charge in [0.25, 0.3) is 0 Å². The summed E-state index contributed by atoms with van der Waals surface area (Å²) in [6.07, 6.45) is 4.21. The molecule has 1 heteroatoms. The van der Waals surface area contributed by atoms with E-state index < -0.39 is 0 Å². The van der Waals surface area contributed by atoms with Crippen LogP contribution in [0.2, 0.25) is 0 Å². The molecule has 1 rings (SSSR count). The Bertz CT molecular complexity index is 156. The summed E-state index contributed by atoms with van der Waals surface area (Å²) in [6.45, 7) is 9.72. The van der Waals surface area contributed by atoms with E-state index >= 15 is 0 Å². The van der Waals surface area contributed by atoms with Gasteiger partial charge in [0.1, 0.15) is 0 Å². The Kier molecular flexibility index (Phi) is 3.12. The average Bonchev–Trinajstić information content (AvgIpc) is 2.24. The summed E-state index contributed by atoms with van der Waals surface area (Å²) in [5.74, 6) is 0.925. The molecular weight excluding hydrogens is 259 g/mol. The van der Waals surface area contributed by atoms with E-state index in [4.69, 9.17) is 0 Å². The monoisotopic (exact) mass is 280 g/mol. The van der Waals surface area contributed by atoms with Crippen molar-refractivity contribution >= 4 is 22.6 Å². The van der Waals surface area contributed by atoms with E-state index in [-0.39, 0.29) is 0 Å². The highest BCUT2D eigenvalue weighted by atomic mass is 127. The second-order valence-corrected chi connectivity index (χ2v) is 5.73. The van der Waals surface area contributed by atoms with Gasteiger partial charge in [-0.3, -0.25) is 0 Å². The van der Waals surface area contributed by atoms with Crippen LogP contribution >= 0.6 is 22.6 Å². The Morgan fingerprint density at radius 2 is 2.00 bits per heavy atom. The molecule has 0 saturated heterocycles. The maximum atomic E-state index is 2.58. The SMILES string of the molecule is CCC1(CI)C(C)CCC1(C)C. The van der Waals surface area contributed by atoms with Crippen molar-refractivity contribution in [1.82, 2.24) is 0 Å². The molecular formula is C11H21I. The lowest BCUT2D eigenvalue weighted by atomic mass is 9.64. The van der Waals surface area contributed by atoms with E-state index in [1.807, 2.05) is 0 Å². The highest BCUT2D eigenvalue weighted by Crippen LogP contribution is 2.58. The second-order valence-electron chi connectivity index (χ2n) is 4.97. The molecule has 72 valence electrons. The highest BCUT2D eigenvalue weighted by molar-refractivity contribution is 14.1. The zero-order valence-electron chi connectivity index (χ0n) is 8.78. The Balaban J connectivity index is 2.95. The van der Waals surface area contributed by atoms with Crippen molar-refractivity contribution in [1.29, 1.82) is 0 Å². The van der Waals surface area contributed by atoms with Gasteiger partial charge in [0.15, 0.2) is 0 Å². The smallest absolute Gasteiger partial charge is 0.00595 e. The number of hydrogen-bond acceptors (Lipinski definition) is 0. The van der Waals surface area contributed by atoms with Crippen molar-refractivity contribution < 1.29 is 0 Å². The third kappa shape index (κ3) is 1.32. The number of rotatable bonds is 2. The molecule has 0 aromatic carbocycles. The maximum Gasteiger partial charge on any atom is 0.00595 e. The van der Waals surface area contributed by atoms with E-state index in [2.05, 4.69) is 50.3 Å². The molecule has 1 fully saturated rings. The number of hydrogen-bond donors (Lipinski definition) is 0. The Morgan fingerprint density at radius 1 is 1.42 bits per heavy atom. The molecule has 1 aliphatic rings. The molecule has 0 aromatic heterocycles. The predicted molar refractivity (Wildman–Crippen MR) is 63.8 cm³/mol. The van der Waals surface area contributed by atoms with Crippen LogP contribution < -0.4 is 0 Å². The van der Waals surface area contributed by atoms with Crippen LogP contribution in [0.5, 0.6) is 0 Å². The van der Waals surface area contributed by atoms with Gasteiger partial charge >= 0.3 is 0 Å². The Hall–Kier alpha value is 0.730. The van der Waals surface area contributed by atoms with E-state index in [0.29, 0.717) is 10.8 Å². The van der Waals surface area contributed by atoms with Gasteiger partial charge in [-0.1, -0.05) is 50.3 Å². The molecule has 0 radical (unpaired) electrons. The summed E-state index contributed by atoms with van der Waals surface area (Å²) in [5.41, 5.74) is 1.19. The summed E-state index contributed by atoms with van der Waals surface area (Å²) in [5, 5.41) is 0. The summed E-state index contributed by atoms with van der Waals surface area (Å²) < 4.78 is 1.33. The van der Waals surface area contributed by atoms with Crippen molar-refractivity contribution in [2.24, 2.45) is 16.7 Å². The lowest BCUT2D eigenvalue weighted by Gasteiger charge is -2.43. The van der Waals surface area contributed by atoms with Gasteiger partial charge in [-0.2, -0.15) is 0 Å². The lowest BCUT2D eigenvalue weighted by molar-refractivity contribution is 0.0960. The molecule has 0 aliphatic heterocycles. The van der Waals surface area contributed by atoms with Crippen LogP contribution in [0.15, 0.2) is 0 Å². The molecule has 0 nitrogen and oxygen atoms in total. The first kappa shape index (κ1) is 10.8.